The number of nitrogens with one attached hydrogen (secondary N) is 1. The molecule has 0 saturated carbocycles. The normalized spacial score (nSPS) is 9.93. The van der Waals surface area contributed by atoms with Gasteiger partial charge in [0.05, 0.1) is 0 Å². The summed E-state index contributed by atoms with van der Waals surface area (Å²) in [5.41, 5.74) is 1.23. The number of nitrogens with zero attached hydrogens (tertiary/aromatic N) is 2. The maximum atomic E-state index is 11.7. The molecule has 2 heterocycles. The average molecular weight is 219 g/mol. The number of hydrogen-bond donors (Lipinski definition) is 1. The minimum absolute atomic E-state index is 0.228. The second-order valence-electron chi connectivity index (χ2n) is 2.96. The van der Waals surface area contributed by atoms with Crippen molar-refractivity contribution in [3.8, 4) is 0 Å². The standard InChI is InChI=1S/C10H9N3OS/c1-7-3-2-4-8(12-7)9(14)13-10-11-5-6-15-10/h2-6H,1H3,(H,11,13,14). The van der Waals surface area contributed by atoms with Crippen molar-refractivity contribution in [1.82, 2.24) is 9.97 Å². The van der Waals surface area contributed by atoms with E-state index in [9.17, 15) is 4.79 Å². The molecule has 2 aromatic heterocycles. The van der Waals surface area contributed by atoms with E-state index >= 15 is 0 Å². The van der Waals surface area contributed by atoms with Crippen molar-refractivity contribution in [2.75, 3.05) is 5.32 Å². The van der Waals surface area contributed by atoms with Crippen molar-refractivity contribution in [3.63, 3.8) is 0 Å². The third kappa shape index (κ3) is 2.38. The first-order valence-corrected chi connectivity index (χ1v) is 5.28. The molecule has 76 valence electrons. The fourth-order valence-corrected chi connectivity index (χ4v) is 1.64. The van der Waals surface area contributed by atoms with Gasteiger partial charge in [-0.05, 0) is 19.1 Å². The lowest BCUT2D eigenvalue weighted by molar-refractivity contribution is 0.102. The predicted molar refractivity (Wildman–Crippen MR) is 59.0 cm³/mol. The Kier molecular flexibility index (Phi) is 2.73. The van der Waals surface area contributed by atoms with Crippen LogP contribution in [0.5, 0.6) is 0 Å². The van der Waals surface area contributed by atoms with Crippen LogP contribution in [-0.2, 0) is 0 Å². The van der Waals surface area contributed by atoms with E-state index in [0.29, 0.717) is 10.8 Å². The first-order chi connectivity index (χ1) is 7.25. The van der Waals surface area contributed by atoms with Crippen LogP contribution in [-0.4, -0.2) is 15.9 Å². The Balaban J connectivity index is 2.15. The molecule has 0 aliphatic carbocycles. The minimum atomic E-state index is -0.228. The van der Waals surface area contributed by atoms with Gasteiger partial charge in [0.1, 0.15) is 5.69 Å². The van der Waals surface area contributed by atoms with Crippen LogP contribution in [0.25, 0.3) is 0 Å². The first kappa shape index (κ1) is 9.79. The molecule has 5 heteroatoms. The van der Waals surface area contributed by atoms with Crippen LogP contribution >= 0.6 is 11.3 Å². The van der Waals surface area contributed by atoms with Crippen molar-refractivity contribution in [2.45, 2.75) is 6.92 Å². The van der Waals surface area contributed by atoms with Crippen molar-refractivity contribution < 1.29 is 4.79 Å². The second-order valence-corrected chi connectivity index (χ2v) is 3.85. The number of pyridine rings is 1. The first-order valence-electron chi connectivity index (χ1n) is 4.40. The number of rotatable bonds is 2. The van der Waals surface area contributed by atoms with E-state index in [1.165, 1.54) is 11.3 Å². The van der Waals surface area contributed by atoms with Gasteiger partial charge in [-0.2, -0.15) is 0 Å². The van der Waals surface area contributed by atoms with Crippen LogP contribution in [0.2, 0.25) is 0 Å². The largest absolute Gasteiger partial charge is 0.296 e. The molecule has 0 aliphatic heterocycles. The maximum absolute atomic E-state index is 11.7. The van der Waals surface area contributed by atoms with Crippen LogP contribution in [0.4, 0.5) is 5.13 Å². The van der Waals surface area contributed by atoms with Gasteiger partial charge in [0.15, 0.2) is 5.13 Å². The van der Waals surface area contributed by atoms with Gasteiger partial charge in [-0.1, -0.05) is 6.07 Å². The van der Waals surface area contributed by atoms with Gasteiger partial charge in [-0.3, -0.25) is 10.1 Å². The molecule has 0 aromatic carbocycles. The molecule has 1 amide bonds. The Morgan fingerprint density at radius 2 is 2.33 bits per heavy atom. The summed E-state index contributed by atoms with van der Waals surface area (Å²) in [6.45, 7) is 1.85. The zero-order valence-electron chi connectivity index (χ0n) is 8.10. The molecule has 0 aliphatic rings. The van der Waals surface area contributed by atoms with E-state index in [4.69, 9.17) is 0 Å². The molecular weight excluding hydrogens is 210 g/mol. The molecule has 4 nitrogen and oxygen atoms in total. The molecule has 2 rings (SSSR count). The van der Waals surface area contributed by atoms with Gasteiger partial charge >= 0.3 is 0 Å². The molecule has 15 heavy (non-hydrogen) atoms. The fourth-order valence-electron chi connectivity index (χ4n) is 1.12. The second kappa shape index (κ2) is 4.18. The van der Waals surface area contributed by atoms with Crippen molar-refractivity contribution in [1.29, 1.82) is 0 Å². The fraction of sp³-hybridized carbons (Fsp3) is 0.100. The zero-order chi connectivity index (χ0) is 10.7. The smallest absolute Gasteiger partial charge is 0.276 e. The van der Waals surface area contributed by atoms with E-state index < -0.39 is 0 Å². The Bertz CT molecular complexity index is 467. The Morgan fingerprint density at radius 1 is 1.47 bits per heavy atom. The van der Waals surface area contributed by atoms with Crippen LogP contribution in [0, 0.1) is 6.92 Å². The average Bonchev–Trinajstić information content (AvgIpc) is 2.70. The zero-order valence-corrected chi connectivity index (χ0v) is 8.91. The molecular formula is C10H9N3OS. The Hall–Kier alpha value is -1.75. The molecule has 0 fully saturated rings. The van der Waals surface area contributed by atoms with E-state index in [1.807, 2.05) is 13.0 Å². The highest BCUT2D eigenvalue weighted by Crippen LogP contribution is 2.11. The number of hydrogen-bond acceptors (Lipinski definition) is 4. The molecule has 2 aromatic rings. The Labute approximate surface area is 91.0 Å². The molecule has 0 bridgehead atoms. The minimum Gasteiger partial charge on any atom is -0.296 e. The highest BCUT2D eigenvalue weighted by molar-refractivity contribution is 7.13. The molecule has 0 atom stereocenters. The SMILES string of the molecule is Cc1cccc(C(=O)Nc2nccs2)n1. The van der Waals surface area contributed by atoms with E-state index in [2.05, 4.69) is 15.3 Å². The number of carbonyl (C=O) groups excluding carboxylic acids is 1. The van der Waals surface area contributed by atoms with Crippen LogP contribution in [0.1, 0.15) is 16.2 Å². The molecule has 1 N–H and O–H groups in total. The number of amides is 1. The number of aromatic nitrogens is 2. The summed E-state index contributed by atoms with van der Waals surface area (Å²) in [6.07, 6.45) is 1.64. The highest BCUT2D eigenvalue weighted by Gasteiger charge is 2.08. The molecule has 0 radical (unpaired) electrons. The van der Waals surface area contributed by atoms with Crippen LogP contribution in [0.15, 0.2) is 29.8 Å². The van der Waals surface area contributed by atoms with E-state index in [1.54, 1.807) is 23.7 Å². The van der Waals surface area contributed by atoms with Gasteiger partial charge in [0.25, 0.3) is 5.91 Å². The van der Waals surface area contributed by atoms with Gasteiger partial charge in [0, 0.05) is 17.3 Å². The maximum Gasteiger partial charge on any atom is 0.276 e. The summed E-state index contributed by atoms with van der Waals surface area (Å²) in [6, 6.07) is 5.33. The van der Waals surface area contributed by atoms with Gasteiger partial charge in [0.2, 0.25) is 0 Å². The summed E-state index contributed by atoms with van der Waals surface area (Å²) in [5.74, 6) is -0.228. The lowest BCUT2D eigenvalue weighted by atomic mass is 10.3. The summed E-state index contributed by atoms with van der Waals surface area (Å²) in [4.78, 5) is 19.7. The van der Waals surface area contributed by atoms with Gasteiger partial charge in [-0.25, -0.2) is 9.97 Å². The van der Waals surface area contributed by atoms with E-state index in [-0.39, 0.29) is 5.91 Å². The summed E-state index contributed by atoms with van der Waals surface area (Å²) < 4.78 is 0. The molecule has 0 spiro atoms. The quantitative estimate of drug-likeness (QED) is 0.841. The van der Waals surface area contributed by atoms with Crippen LogP contribution < -0.4 is 5.32 Å². The van der Waals surface area contributed by atoms with Gasteiger partial charge in [-0.15, -0.1) is 11.3 Å². The van der Waals surface area contributed by atoms with Crippen molar-refractivity contribution in [2.24, 2.45) is 0 Å². The summed E-state index contributed by atoms with van der Waals surface area (Å²) in [7, 11) is 0. The monoisotopic (exact) mass is 219 g/mol. The highest BCUT2D eigenvalue weighted by atomic mass is 32.1. The van der Waals surface area contributed by atoms with Gasteiger partial charge < -0.3 is 0 Å². The number of anilines is 1. The summed E-state index contributed by atoms with van der Waals surface area (Å²) >= 11 is 1.38. The van der Waals surface area contributed by atoms with Crippen LogP contribution in [0.3, 0.4) is 0 Å². The van der Waals surface area contributed by atoms with E-state index in [0.717, 1.165) is 5.69 Å². The number of aryl methyl sites for hydroxylation is 1. The Morgan fingerprint density at radius 3 is 3.00 bits per heavy atom. The third-order valence-corrected chi connectivity index (χ3v) is 2.46. The lowest BCUT2D eigenvalue weighted by Gasteiger charge is -2.01. The third-order valence-electron chi connectivity index (χ3n) is 1.77. The van der Waals surface area contributed by atoms with Crippen molar-refractivity contribution in [3.05, 3.63) is 41.2 Å². The molecule has 0 saturated heterocycles. The van der Waals surface area contributed by atoms with Crippen molar-refractivity contribution >= 4 is 22.4 Å². The summed E-state index contributed by atoms with van der Waals surface area (Å²) in [5, 5.41) is 5.06. The predicted octanol–water partition coefficient (Wildman–Crippen LogP) is 2.10. The lowest BCUT2D eigenvalue weighted by Crippen LogP contribution is -2.13. The number of thiazole rings is 1. The topological polar surface area (TPSA) is 54.9 Å². The number of carbonyl (C=O) groups is 1. The molecule has 0 unspecified atom stereocenters.